The fourth-order valence-electron chi connectivity index (χ4n) is 2.65. The van der Waals surface area contributed by atoms with Crippen LogP contribution in [0.4, 0.5) is 5.69 Å². The van der Waals surface area contributed by atoms with Crippen LogP contribution in [-0.4, -0.2) is 32.3 Å². The van der Waals surface area contributed by atoms with Gasteiger partial charge in [-0.2, -0.15) is 0 Å². The average molecular weight is 248 g/mol. The van der Waals surface area contributed by atoms with Gasteiger partial charge in [0.2, 0.25) is 0 Å². The molecule has 0 bridgehead atoms. The molecule has 1 N–H and O–H groups in total. The van der Waals surface area contributed by atoms with Gasteiger partial charge in [0.15, 0.2) is 0 Å². The third kappa shape index (κ3) is 3.16. The Hall–Kier alpha value is -1.22. The maximum Gasteiger partial charge on any atom is 0.142 e. The summed E-state index contributed by atoms with van der Waals surface area (Å²) in [6.07, 6.45) is 2.53. The van der Waals surface area contributed by atoms with Gasteiger partial charge in [0, 0.05) is 19.1 Å². The van der Waals surface area contributed by atoms with Crippen LogP contribution in [0.2, 0.25) is 0 Å². The van der Waals surface area contributed by atoms with Gasteiger partial charge in [0.05, 0.1) is 12.3 Å². The van der Waals surface area contributed by atoms with Crippen LogP contribution < -0.4 is 15.0 Å². The summed E-state index contributed by atoms with van der Waals surface area (Å²) in [7, 11) is 0. The molecule has 1 heterocycles. The number of nitrogens with zero attached hydrogens (tertiary/aromatic N) is 1. The van der Waals surface area contributed by atoms with Crippen molar-refractivity contribution in [2.45, 2.75) is 32.7 Å². The molecule has 0 amide bonds. The van der Waals surface area contributed by atoms with Gasteiger partial charge in [-0.25, -0.2) is 0 Å². The van der Waals surface area contributed by atoms with Gasteiger partial charge in [0.25, 0.3) is 0 Å². The molecular formula is C15H24N2O. The van der Waals surface area contributed by atoms with Crippen LogP contribution in [0.5, 0.6) is 5.75 Å². The number of hydrogen-bond donors (Lipinski definition) is 1. The van der Waals surface area contributed by atoms with E-state index in [1.807, 2.05) is 13.0 Å². The Kier molecular flexibility index (Phi) is 4.88. The van der Waals surface area contributed by atoms with Crippen LogP contribution in [0.25, 0.3) is 0 Å². The molecule has 1 aliphatic heterocycles. The fourth-order valence-corrected chi connectivity index (χ4v) is 2.65. The SMILES string of the molecule is CCNC1CCCN(c2ccccc2OCC)C1. The van der Waals surface area contributed by atoms with Crippen molar-refractivity contribution in [3.63, 3.8) is 0 Å². The molecule has 0 aromatic heterocycles. The van der Waals surface area contributed by atoms with Crippen molar-refractivity contribution in [3.8, 4) is 5.75 Å². The summed E-state index contributed by atoms with van der Waals surface area (Å²) in [6, 6.07) is 8.97. The number of likely N-dealkylation sites (N-methyl/N-ethyl adjacent to an activating group) is 1. The van der Waals surface area contributed by atoms with E-state index in [4.69, 9.17) is 4.74 Å². The Bertz CT molecular complexity index is 365. The molecule has 0 saturated carbocycles. The summed E-state index contributed by atoms with van der Waals surface area (Å²) < 4.78 is 5.72. The van der Waals surface area contributed by atoms with Crippen LogP contribution >= 0.6 is 0 Å². The van der Waals surface area contributed by atoms with E-state index in [-0.39, 0.29) is 0 Å². The fraction of sp³-hybridized carbons (Fsp3) is 0.600. The van der Waals surface area contributed by atoms with E-state index in [0.717, 1.165) is 32.0 Å². The van der Waals surface area contributed by atoms with Crippen LogP contribution in [0.1, 0.15) is 26.7 Å². The van der Waals surface area contributed by atoms with E-state index in [1.165, 1.54) is 18.5 Å². The highest BCUT2D eigenvalue weighted by atomic mass is 16.5. The van der Waals surface area contributed by atoms with Crippen LogP contribution in [0, 0.1) is 0 Å². The Balaban J connectivity index is 2.10. The van der Waals surface area contributed by atoms with Crippen molar-refractivity contribution in [1.29, 1.82) is 0 Å². The van der Waals surface area contributed by atoms with Gasteiger partial charge in [-0.3, -0.25) is 0 Å². The molecule has 18 heavy (non-hydrogen) atoms. The predicted molar refractivity (Wildman–Crippen MR) is 76.5 cm³/mol. The maximum absolute atomic E-state index is 5.72. The molecule has 3 nitrogen and oxygen atoms in total. The monoisotopic (exact) mass is 248 g/mol. The highest BCUT2D eigenvalue weighted by molar-refractivity contribution is 5.58. The highest BCUT2D eigenvalue weighted by Crippen LogP contribution is 2.30. The molecule has 100 valence electrons. The summed E-state index contributed by atoms with van der Waals surface area (Å²) in [6.45, 7) is 8.19. The molecule has 3 heteroatoms. The lowest BCUT2D eigenvalue weighted by molar-refractivity contribution is 0.338. The Morgan fingerprint density at radius 2 is 2.17 bits per heavy atom. The Labute approximate surface area is 110 Å². The highest BCUT2D eigenvalue weighted by Gasteiger charge is 2.21. The molecule has 1 saturated heterocycles. The van der Waals surface area contributed by atoms with Crippen molar-refractivity contribution < 1.29 is 4.74 Å². The quantitative estimate of drug-likeness (QED) is 0.867. The normalized spacial score (nSPS) is 19.9. The standard InChI is InChI=1S/C15H24N2O/c1-3-16-13-8-7-11-17(12-13)14-9-5-6-10-15(14)18-4-2/h5-6,9-10,13,16H,3-4,7-8,11-12H2,1-2H3. The Morgan fingerprint density at radius 3 is 2.94 bits per heavy atom. The number of para-hydroxylation sites is 2. The second-order valence-corrected chi connectivity index (χ2v) is 4.74. The summed E-state index contributed by atoms with van der Waals surface area (Å²) >= 11 is 0. The van der Waals surface area contributed by atoms with Crippen molar-refractivity contribution in [1.82, 2.24) is 5.32 Å². The zero-order valence-corrected chi connectivity index (χ0v) is 11.5. The lowest BCUT2D eigenvalue weighted by atomic mass is 10.0. The predicted octanol–water partition coefficient (Wildman–Crippen LogP) is 2.66. The van der Waals surface area contributed by atoms with Crippen LogP contribution in [-0.2, 0) is 0 Å². The van der Waals surface area contributed by atoms with Crippen molar-refractivity contribution in [3.05, 3.63) is 24.3 Å². The first-order chi connectivity index (χ1) is 8.85. The Morgan fingerprint density at radius 1 is 1.33 bits per heavy atom. The molecule has 0 radical (unpaired) electrons. The van der Waals surface area contributed by atoms with E-state index in [9.17, 15) is 0 Å². The molecule has 0 spiro atoms. The number of hydrogen-bond acceptors (Lipinski definition) is 3. The van der Waals surface area contributed by atoms with E-state index in [1.54, 1.807) is 0 Å². The summed E-state index contributed by atoms with van der Waals surface area (Å²) in [5, 5.41) is 3.55. The van der Waals surface area contributed by atoms with Crippen LogP contribution in [0.3, 0.4) is 0 Å². The molecule has 1 aromatic rings. The minimum Gasteiger partial charge on any atom is -0.492 e. The first kappa shape index (κ1) is 13.2. The minimum absolute atomic E-state index is 0.610. The number of benzene rings is 1. The van der Waals surface area contributed by atoms with Crippen LogP contribution in [0.15, 0.2) is 24.3 Å². The second kappa shape index (κ2) is 6.64. The average Bonchev–Trinajstić information content (AvgIpc) is 2.40. The van der Waals surface area contributed by atoms with E-state index >= 15 is 0 Å². The molecule has 1 fully saturated rings. The maximum atomic E-state index is 5.72. The molecule has 0 aliphatic carbocycles. The minimum atomic E-state index is 0.610. The first-order valence-electron chi connectivity index (χ1n) is 7.05. The van der Waals surface area contributed by atoms with E-state index in [0.29, 0.717) is 6.04 Å². The largest absolute Gasteiger partial charge is 0.492 e. The van der Waals surface area contributed by atoms with Gasteiger partial charge in [-0.1, -0.05) is 19.1 Å². The molecular weight excluding hydrogens is 224 g/mol. The van der Waals surface area contributed by atoms with E-state index in [2.05, 4.69) is 35.3 Å². The topological polar surface area (TPSA) is 24.5 Å². The number of ether oxygens (including phenoxy) is 1. The molecule has 1 aliphatic rings. The van der Waals surface area contributed by atoms with Gasteiger partial charge in [-0.15, -0.1) is 0 Å². The molecule has 1 aromatic carbocycles. The number of anilines is 1. The zero-order valence-electron chi connectivity index (χ0n) is 11.5. The number of nitrogens with one attached hydrogen (secondary N) is 1. The third-order valence-corrected chi connectivity index (χ3v) is 3.42. The lowest BCUT2D eigenvalue weighted by Gasteiger charge is -2.35. The third-order valence-electron chi connectivity index (χ3n) is 3.42. The molecule has 2 rings (SSSR count). The van der Waals surface area contributed by atoms with Crippen molar-refractivity contribution >= 4 is 5.69 Å². The number of piperidine rings is 1. The van der Waals surface area contributed by atoms with Gasteiger partial charge in [0.1, 0.15) is 5.75 Å². The van der Waals surface area contributed by atoms with Crippen molar-refractivity contribution in [2.75, 3.05) is 31.1 Å². The summed E-state index contributed by atoms with van der Waals surface area (Å²) in [5.74, 6) is 1.01. The van der Waals surface area contributed by atoms with Gasteiger partial charge < -0.3 is 15.0 Å². The lowest BCUT2D eigenvalue weighted by Crippen LogP contribution is -2.45. The molecule has 1 atom stereocenters. The van der Waals surface area contributed by atoms with Gasteiger partial charge >= 0.3 is 0 Å². The van der Waals surface area contributed by atoms with Crippen molar-refractivity contribution in [2.24, 2.45) is 0 Å². The second-order valence-electron chi connectivity index (χ2n) is 4.74. The summed E-state index contributed by atoms with van der Waals surface area (Å²) in [4.78, 5) is 2.45. The smallest absolute Gasteiger partial charge is 0.142 e. The summed E-state index contributed by atoms with van der Waals surface area (Å²) in [5.41, 5.74) is 1.24. The molecule has 1 unspecified atom stereocenters. The van der Waals surface area contributed by atoms with E-state index < -0.39 is 0 Å². The van der Waals surface area contributed by atoms with Gasteiger partial charge in [-0.05, 0) is 38.4 Å². The zero-order chi connectivity index (χ0) is 12.8. The first-order valence-corrected chi connectivity index (χ1v) is 7.05. The number of rotatable bonds is 5.